The Kier molecular flexibility index (Phi) is 8.21. The Hall–Kier alpha value is -0.720. The van der Waals surface area contributed by atoms with Crippen molar-refractivity contribution in [2.75, 3.05) is 0 Å². The molecule has 11 atom stereocenters. The Labute approximate surface area is 225 Å². The number of aliphatic hydroxyl groups excluding tert-OH is 1. The fourth-order valence-electron chi connectivity index (χ4n) is 10.2. The first-order valence-electron chi connectivity index (χ1n) is 14.9. The van der Waals surface area contributed by atoms with Crippen molar-refractivity contribution in [2.24, 2.45) is 69.0 Å². The van der Waals surface area contributed by atoms with Crippen LogP contribution in [-0.4, -0.2) is 33.2 Å². The zero-order valence-corrected chi connectivity index (χ0v) is 24.5. The van der Waals surface area contributed by atoms with Gasteiger partial charge in [0.05, 0.1) is 11.7 Å². The molecule has 206 valence electrons. The van der Waals surface area contributed by atoms with Gasteiger partial charge in [0.2, 0.25) is 0 Å². The molecule has 6 heteroatoms. The van der Waals surface area contributed by atoms with Gasteiger partial charge in [0.15, 0.2) is 5.11 Å². The van der Waals surface area contributed by atoms with Crippen LogP contribution in [0.15, 0.2) is 5.10 Å². The second-order valence-corrected chi connectivity index (χ2v) is 14.4. The summed E-state index contributed by atoms with van der Waals surface area (Å²) in [5.41, 5.74) is 7.59. The summed E-state index contributed by atoms with van der Waals surface area (Å²) in [7, 11) is 0. The van der Waals surface area contributed by atoms with Crippen LogP contribution in [0, 0.1) is 58.2 Å². The number of hydrazone groups is 1. The topological polar surface area (TPSA) is 90.9 Å². The van der Waals surface area contributed by atoms with Gasteiger partial charge in [0, 0.05) is 24.0 Å². The van der Waals surface area contributed by atoms with E-state index in [2.05, 4.69) is 52.1 Å². The van der Waals surface area contributed by atoms with E-state index in [0.29, 0.717) is 29.6 Å². The number of fused-ring (bicyclic) bond motifs is 5. The minimum Gasteiger partial charge on any atom is -0.393 e. The number of rotatable bonds is 8. The average Bonchev–Trinajstić information content (AvgIpc) is 3.24. The molecule has 0 aromatic carbocycles. The standard InChI is InChI=1S/C30H53N3O2S/c1-7-20(18(2)3)9-8-19(4)22-10-11-23-26-24(13-14-28(22,23)5)29(6)15-12-21(34)16-30(29,35)25(26)17-32-33-27(31)36/h17-26,34-35H,7-16H2,1-6H3,(H3,31,33,36)/b32-17+/t19-,20-,21+,22-,23+,24+,25-,26+,28-,29-,30-/m1/s1. The van der Waals surface area contributed by atoms with Crippen LogP contribution in [0.5, 0.6) is 0 Å². The molecule has 0 aliphatic heterocycles. The van der Waals surface area contributed by atoms with E-state index in [0.717, 1.165) is 36.5 Å². The van der Waals surface area contributed by atoms with Gasteiger partial charge in [-0.1, -0.05) is 54.4 Å². The van der Waals surface area contributed by atoms with E-state index in [1.807, 2.05) is 6.21 Å². The molecule has 5 nitrogen and oxygen atoms in total. The molecule has 0 unspecified atom stereocenters. The number of nitrogens with one attached hydrogen (secondary N) is 1. The normalized spacial score (nSPS) is 45.8. The summed E-state index contributed by atoms with van der Waals surface area (Å²) in [6, 6.07) is 0. The van der Waals surface area contributed by atoms with Crippen molar-refractivity contribution < 1.29 is 10.2 Å². The molecule has 0 spiro atoms. The van der Waals surface area contributed by atoms with Crippen LogP contribution >= 0.6 is 12.2 Å². The third kappa shape index (κ3) is 4.55. The molecule has 0 aromatic heterocycles. The Balaban J connectivity index is 1.62. The predicted molar refractivity (Wildman–Crippen MR) is 152 cm³/mol. The maximum atomic E-state index is 12.4. The average molecular weight is 520 g/mol. The molecule has 0 aromatic rings. The predicted octanol–water partition coefficient (Wildman–Crippen LogP) is 5.87. The molecule has 0 saturated heterocycles. The molecule has 4 saturated carbocycles. The van der Waals surface area contributed by atoms with Crippen LogP contribution in [0.25, 0.3) is 0 Å². The van der Waals surface area contributed by atoms with E-state index in [1.54, 1.807) is 0 Å². The zero-order chi connectivity index (χ0) is 26.5. The highest BCUT2D eigenvalue weighted by Gasteiger charge is 2.71. The largest absolute Gasteiger partial charge is 0.393 e. The number of thiocarbonyl (C=S) groups is 1. The highest BCUT2D eigenvalue weighted by atomic mass is 32.1. The molecule has 4 aliphatic carbocycles. The molecule has 0 amide bonds. The van der Waals surface area contributed by atoms with Gasteiger partial charge in [-0.15, -0.1) is 0 Å². The third-order valence-electron chi connectivity index (χ3n) is 12.3. The molecule has 5 N–H and O–H groups in total. The maximum Gasteiger partial charge on any atom is 0.184 e. The summed E-state index contributed by atoms with van der Waals surface area (Å²) >= 11 is 4.99. The minimum absolute atomic E-state index is 0.0895. The zero-order valence-electron chi connectivity index (χ0n) is 23.7. The number of hydrogen-bond acceptors (Lipinski definition) is 4. The minimum atomic E-state index is -0.942. The van der Waals surface area contributed by atoms with Crippen LogP contribution < -0.4 is 11.2 Å². The summed E-state index contributed by atoms with van der Waals surface area (Å²) in [5.74, 6) is 4.42. The van der Waals surface area contributed by atoms with Crippen LogP contribution in [0.4, 0.5) is 0 Å². The van der Waals surface area contributed by atoms with Gasteiger partial charge in [-0.3, -0.25) is 5.43 Å². The van der Waals surface area contributed by atoms with Crippen molar-refractivity contribution in [1.82, 2.24) is 5.43 Å². The molecular weight excluding hydrogens is 466 g/mol. The molecule has 0 bridgehead atoms. The lowest BCUT2D eigenvalue weighted by Gasteiger charge is -2.52. The third-order valence-corrected chi connectivity index (χ3v) is 12.4. The smallest absolute Gasteiger partial charge is 0.184 e. The Morgan fingerprint density at radius 3 is 2.47 bits per heavy atom. The first kappa shape index (κ1) is 28.3. The first-order valence-corrected chi connectivity index (χ1v) is 15.3. The molecular formula is C30H53N3O2S. The van der Waals surface area contributed by atoms with Gasteiger partial charge in [0.25, 0.3) is 0 Å². The quantitative estimate of drug-likeness (QED) is 0.183. The molecule has 4 rings (SSSR count). The summed E-state index contributed by atoms with van der Waals surface area (Å²) in [5, 5.41) is 27.6. The van der Waals surface area contributed by atoms with E-state index < -0.39 is 11.7 Å². The molecule has 4 aliphatic rings. The van der Waals surface area contributed by atoms with Crippen LogP contribution in [0.1, 0.15) is 106 Å². The number of nitrogens with zero attached hydrogens (tertiary/aromatic N) is 1. The highest BCUT2D eigenvalue weighted by Crippen LogP contribution is 2.72. The van der Waals surface area contributed by atoms with Crippen LogP contribution in [0.3, 0.4) is 0 Å². The van der Waals surface area contributed by atoms with Crippen molar-refractivity contribution in [2.45, 2.75) is 117 Å². The van der Waals surface area contributed by atoms with Gasteiger partial charge in [0.1, 0.15) is 0 Å². The van der Waals surface area contributed by atoms with Crippen molar-refractivity contribution in [3.8, 4) is 0 Å². The van der Waals surface area contributed by atoms with Gasteiger partial charge in [-0.25, -0.2) is 0 Å². The van der Waals surface area contributed by atoms with Crippen LogP contribution in [0.2, 0.25) is 0 Å². The SMILES string of the molecule is CC[C@H](CC[C@@H](C)[C@H]1CC[C@H]2[C@@H]3[C@@H](/C=N/NC(N)=S)[C@]4(O)C[C@@H](O)CC[C@]4(C)[C@H]3CC[C@]12C)C(C)C. The molecule has 36 heavy (non-hydrogen) atoms. The van der Waals surface area contributed by atoms with Crippen molar-refractivity contribution in [3.63, 3.8) is 0 Å². The number of nitrogens with two attached hydrogens (primary N) is 1. The molecule has 0 heterocycles. The van der Waals surface area contributed by atoms with E-state index >= 15 is 0 Å². The van der Waals surface area contributed by atoms with Gasteiger partial charge in [-0.2, -0.15) is 5.10 Å². The fraction of sp³-hybridized carbons (Fsp3) is 0.933. The monoisotopic (exact) mass is 519 g/mol. The second-order valence-electron chi connectivity index (χ2n) is 14.0. The fourth-order valence-corrected chi connectivity index (χ4v) is 10.3. The summed E-state index contributed by atoms with van der Waals surface area (Å²) < 4.78 is 0. The maximum absolute atomic E-state index is 12.4. The van der Waals surface area contributed by atoms with E-state index in [1.165, 1.54) is 44.9 Å². The summed E-state index contributed by atoms with van der Waals surface area (Å²) in [6.45, 7) is 14.5. The van der Waals surface area contributed by atoms with E-state index in [4.69, 9.17) is 18.0 Å². The van der Waals surface area contributed by atoms with Crippen molar-refractivity contribution in [3.05, 3.63) is 0 Å². The highest BCUT2D eigenvalue weighted by molar-refractivity contribution is 7.80. The van der Waals surface area contributed by atoms with Crippen molar-refractivity contribution in [1.29, 1.82) is 0 Å². The first-order chi connectivity index (χ1) is 16.9. The molecule has 4 fully saturated rings. The van der Waals surface area contributed by atoms with Gasteiger partial charge in [-0.05, 0) is 104 Å². The van der Waals surface area contributed by atoms with E-state index in [9.17, 15) is 10.2 Å². The lowest BCUT2D eigenvalue weighted by atomic mass is 9.53. The number of aliphatic hydroxyl groups is 2. The van der Waals surface area contributed by atoms with Gasteiger partial charge >= 0.3 is 0 Å². The Bertz CT molecular complexity index is 835. The lowest BCUT2D eigenvalue weighted by Crippen LogP contribution is -2.54. The number of hydrogen-bond donors (Lipinski definition) is 4. The second kappa shape index (κ2) is 10.4. The van der Waals surface area contributed by atoms with Crippen LogP contribution in [-0.2, 0) is 0 Å². The lowest BCUT2D eigenvalue weighted by molar-refractivity contribution is -0.142. The van der Waals surface area contributed by atoms with Crippen molar-refractivity contribution >= 4 is 23.5 Å². The van der Waals surface area contributed by atoms with E-state index in [-0.39, 0.29) is 16.4 Å². The summed E-state index contributed by atoms with van der Waals surface area (Å²) in [4.78, 5) is 0. The van der Waals surface area contributed by atoms with Gasteiger partial charge < -0.3 is 15.9 Å². The Morgan fingerprint density at radius 1 is 1.11 bits per heavy atom. The summed E-state index contributed by atoms with van der Waals surface area (Å²) in [6.07, 6.45) is 12.5. The molecule has 0 radical (unpaired) electrons. The Morgan fingerprint density at radius 2 is 1.83 bits per heavy atom.